The fourth-order valence-corrected chi connectivity index (χ4v) is 25.0. The first-order chi connectivity index (χ1) is 69.4. The highest BCUT2D eigenvalue weighted by atomic mass is 16.5. The van der Waals surface area contributed by atoms with Crippen molar-refractivity contribution in [2.45, 2.75) is 402 Å². The summed E-state index contributed by atoms with van der Waals surface area (Å²) in [6.45, 7) is 23.4. The number of hydrogen-bond acceptors (Lipinski definition) is 24. The number of hydrogen-bond donors (Lipinski definition) is 8. The lowest BCUT2D eigenvalue weighted by Gasteiger charge is -2.34. The van der Waals surface area contributed by atoms with Gasteiger partial charge < -0.3 is 119 Å². The van der Waals surface area contributed by atoms with Crippen molar-refractivity contribution in [3.05, 3.63) is 186 Å². The van der Waals surface area contributed by atoms with Crippen molar-refractivity contribution in [3.8, 4) is 92.0 Å². The van der Waals surface area contributed by atoms with E-state index in [1.165, 1.54) is 192 Å². The van der Waals surface area contributed by atoms with Crippen LogP contribution in [0, 0.1) is 55.4 Å². The molecule has 0 amide bonds. The van der Waals surface area contributed by atoms with Gasteiger partial charge in [0.15, 0.2) is 0 Å². The third kappa shape index (κ3) is 18.2. The molecule has 0 unspecified atom stereocenters. The molecule has 24 aliphatic rings. The second-order valence-corrected chi connectivity index (χ2v) is 48.8. The van der Waals surface area contributed by atoms with Crippen molar-refractivity contribution >= 4 is 0 Å². The molecule has 32 rings (SSSR count). The van der Waals surface area contributed by atoms with Crippen molar-refractivity contribution in [2.75, 3.05) is 52.9 Å². The number of aliphatic hydroxyl groups is 4. The largest absolute Gasteiger partial charge is 0.492 e. The number of benzene rings is 8. The van der Waals surface area contributed by atoms with Crippen molar-refractivity contribution in [1.82, 2.24) is 0 Å². The molecule has 0 bridgehead atoms. The number of nitrogens with two attached hydrogens (primary N) is 4. The lowest BCUT2D eigenvalue weighted by atomic mass is 9.89. The lowest BCUT2D eigenvalue weighted by Crippen LogP contribution is -2.43. The molecule has 24 nitrogen and oxygen atoms in total. The van der Waals surface area contributed by atoms with Gasteiger partial charge in [-0.1, -0.05) is 24.3 Å². The first-order valence-corrected chi connectivity index (χ1v) is 54.6. The van der Waals surface area contributed by atoms with Gasteiger partial charge in [-0.2, -0.15) is 0 Å². The Morgan fingerprint density at radius 1 is 0.208 bits per heavy atom. The molecule has 24 heteroatoms. The molecule has 768 valence electrons. The third-order valence-electron chi connectivity index (χ3n) is 36.3. The van der Waals surface area contributed by atoms with Crippen LogP contribution in [-0.2, 0) is 43.3 Å². The van der Waals surface area contributed by atoms with Crippen LogP contribution in [0.2, 0.25) is 0 Å². The molecule has 12 N–H and O–H groups in total. The standard InChI is InChI=1S/4C15H19NO2.4C15H18O3/c2*1-9-4-12-14(15(2-3-15)8-17-12)13(5-9)18-11-6-10(16)7-11;2*1-9-2-3-12-13(15(4-5-15)8-17-12)14(9)18-11-6-10(16)7-11;2*1-9-4-12-14(15(2-3-15)8-17-12)13(5-9)18-11-6-10(16)7-11;2*1-9-2-3-12-13(15(4-5-15)8-17-12)14(9)18-11-6-10(16)7-11/h2*4-5,10-11H,2-3,6-8,16H2,1H3;2*2-3,10-11H,4-8,16H2,1H3;2*4-5,10-11,16H,2-3,6-8H2,1H3;2*2-3,10-11,16H,4-8H2,1H3. The van der Waals surface area contributed by atoms with Gasteiger partial charge in [0, 0.05) is 163 Å². The Morgan fingerprint density at radius 3 is 0.542 bits per heavy atom. The van der Waals surface area contributed by atoms with E-state index in [1.54, 1.807) is 0 Å². The van der Waals surface area contributed by atoms with Crippen LogP contribution in [0.3, 0.4) is 0 Å². The third-order valence-corrected chi connectivity index (χ3v) is 36.3. The second-order valence-electron chi connectivity index (χ2n) is 48.8. The number of ether oxygens (including phenoxy) is 16. The van der Waals surface area contributed by atoms with Gasteiger partial charge in [0.05, 0.1) is 77.3 Å². The molecule has 16 aliphatic carbocycles. The van der Waals surface area contributed by atoms with Gasteiger partial charge >= 0.3 is 0 Å². The lowest BCUT2D eigenvalue weighted by molar-refractivity contribution is -0.0120. The fourth-order valence-electron chi connectivity index (χ4n) is 25.0. The minimum atomic E-state index is -0.168. The summed E-state index contributed by atoms with van der Waals surface area (Å²) in [5, 5.41) is 37.4. The fraction of sp³-hybridized carbons (Fsp3) is 0.600. The molecule has 8 spiro atoms. The molecule has 0 radical (unpaired) electrons. The molecule has 8 heterocycles. The molecule has 0 aromatic heterocycles. The molecule has 0 saturated heterocycles. The monoisotopic (exact) mass is 1970 g/mol. The molecule has 8 aromatic rings. The Hall–Kier alpha value is -9.76. The average Bonchev–Trinajstić information content (AvgIpc) is 1.58. The number of aliphatic hydroxyl groups excluding tert-OH is 4. The normalized spacial score (nSPS) is 30.6. The zero-order valence-electron chi connectivity index (χ0n) is 85.4. The van der Waals surface area contributed by atoms with E-state index in [4.69, 9.17) is 98.7 Å². The Kier molecular flexibility index (Phi) is 23.8. The summed E-state index contributed by atoms with van der Waals surface area (Å²) in [5.74, 6) is 16.5. The van der Waals surface area contributed by atoms with Crippen molar-refractivity contribution in [1.29, 1.82) is 0 Å². The second kappa shape index (κ2) is 36.0. The van der Waals surface area contributed by atoms with E-state index in [0.717, 1.165) is 248 Å². The van der Waals surface area contributed by atoms with E-state index in [0.29, 0.717) is 48.6 Å². The van der Waals surface area contributed by atoms with E-state index >= 15 is 0 Å². The highest BCUT2D eigenvalue weighted by molar-refractivity contribution is 5.66. The summed E-state index contributed by atoms with van der Waals surface area (Å²) < 4.78 is 95.7. The maximum atomic E-state index is 9.37. The molecule has 16 saturated carbocycles. The van der Waals surface area contributed by atoms with Crippen LogP contribution in [-0.4, -0.2) is 171 Å². The van der Waals surface area contributed by atoms with Gasteiger partial charge in [0.25, 0.3) is 0 Å². The Morgan fingerprint density at radius 2 is 0.368 bits per heavy atom. The van der Waals surface area contributed by atoms with Crippen LogP contribution in [0.5, 0.6) is 92.0 Å². The zero-order valence-corrected chi connectivity index (χ0v) is 85.4. The first kappa shape index (κ1) is 95.2. The zero-order chi connectivity index (χ0) is 98.6. The molecular formula is C120H148N4O20. The van der Waals surface area contributed by atoms with Gasteiger partial charge in [-0.15, -0.1) is 0 Å². The summed E-state index contributed by atoms with van der Waals surface area (Å²) in [6.07, 6.45) is 34.9. The smallest absolute Gasteiger partial charge is 0.130 e. The topological polar surface area (TPSA) is 333 Å². The van der Waals surface area contributed by atoms with Gasteiger partial charge in [0.1, 0.15) is 141 Å². The van der Waals surface area contributed by atoms with Crippen LogP contribution in [0.25, 0.3) is 0 Å². The molecule has 16 fully saturated rings. The Bertz CT molecular complexity index is 5500. The van der Waals surface area contributed by atoms with E-state index in [-0.39, 0.29) is 92.2 Å². The summed E-state index contributed by atoms with van der Waals surface area (Å²) in [7, 11) is 0. The van der Waals surface area contributed by atoms with Gasteiger partial charge in [-0.05, 0) is 327 Å². The number of fused-ring (bicyclic) bond motifs is 16. The number of rotatable bonds is 16. The van der Waals surface area contributed by atoms with Crippen LogP contribution in [0.4, 0.5) is 0 Å². The van der Waals surface area contributed by atoms with E-state index in [2.05, 4.69) is 152 Å². The van der Waals surface area contributed by atoms with E-state index < -0.39 is 0 Å². The maximum Gasteiger partial charge on any atom is 0.130 e. The van der Waals surface area contributed by atoms with E-state index in [1.807, 2.05) is 0 Å². The van der Waals surface area contributed by atoms with Crippen molar-refractivity contribution in [2.24, 2.45) is 22.9 Å². The van der Waals surface area contributed by atoms with Crippen LogP contribution < -0.4 is 98.7 Å². The van der Waals surface area contributed by atoms with Gasteiger partial charge in [-0.3, -0.25) is 0 Å². The summed E-state index contributed by atoms with van der Waals surface area (Å²) in [5.41, 5.74) is 45.6. The maximum absolute atomic E-state index is 9.37. The predicted octanol–water partition coefficient (Wildman–Crippen LogP) is 18.4. The quantitative estimate of drug-likeness (QED) is 0.0445. The van der Waals surface area contributed by atoms with Gasteiger partial charge in [0.2, 0.25) is 0 Å². The molecular weight excluding hydrogens is 1820 g/mol. The Balaban J connectivity index is 0.0000000862. The summed E-state index contributed by atoms with van der Waals surface area (Å²) in [4.78, 5) is 0. The molecule has 0 atom stereocenters. The predicted molar refractivity (Wildman–Crippen MR) is 546 cm³/mol. The van der Waals surface area contributed by atoms with Gasteiger partial charge in [-0.25, -0.2) is 0 Å². The molecule has 144 heavy (non-hydrogen) atoms. The van der Waals surface area contributed by atoms with E-state index in [9.17, 15) is 20.4 Å². The highest BCUT2D eigenvalue weighted by Crippen LogP contribution is 2.68. The van der Waals surface area contributed by atoms with Crippen LogP contribution in [0.15, 0.2) is 97.1 Å². The molecule has 8 aromatic carbocycles. The summed E-state index contributed by atoms with van der Waals surface area (Å²) in [6, 6.07) is 35.1. The molecule has 8 aliphatic heterocycles. The summed E-state index contributed by atoms with van der Waals surface area (Å²) >= 11 is 0. The van der Waals surface area contributed by atoms with Crippen molar-refractivity contribution < 1.29 is 96.2 Å². The SMILES string of the molecule is Cc1cc2c(c(OC3CC(N)C3)c1)C1(CC1)CO2.Cc1cc2c(c(OC3CC(N)C3)c1)C1(CC1)CO2.Cc1cc2c(c(OC3CC(O)C3)c1)C1(CC1)CO2.Cc1cc2c(c(OC3CC(O)C3)c1)C1(CC1)CO2.Cc1ccc2c(c1OC1CC(N)C1)C1(CC1)CO2.Cc1ccc2c(c1OC1CC(N)C1)C1(CC1)CO2.Cc1ccc2c(c1OC1CC(O)C1)C1(CC1)CO2.Cc1ccc2c(c1OC1CC(O)C1)C1(CC1)CO2. The average molecular weight is 1970 g/mol. The minimum absolute atomic E-state index is 0.168. The van der Waals surface area contributed by atoms with Crippen LogP contribution >= 0.6 is 0 Å². The number of aryl methyl sites for hydroxylation is 8. The first-order valence-electron chi connectivity index (χ1n) is 54.6. The van der Waals surface area contributed by atoms with Crippen molar-refractivity contribution in [3.63, 3.8) is 0 Å². The van der Waals surface area contributed by atoms with Crippen LogP contribution in [0.1, 0.15) is 294 Å². The minimum Gasteiger partial charge on any atom is -0.492 e. The Labute approximate surface area is 846 Å². The highest BCUT2D eigenvalue weighted by Gasteiger charge is 2.61.